The smallest absolute Gasteiger partial charge is 0.261 e. The van der Waals surface area contributed by atoms with Gasteiger partial charge in [-0.1, -0.05) is 23.5 Å². The number of aromatic nitrogens is 1. The predicted octanol–water partition coefficient (Wildman–Crippen LogP) is 4.22. The number of benzene rings is 3. The van der Waals surface area contributed by atoms with E-state index in [2.05, 4.69) is 19.8 Å². The van der Waals surface area contributed by atoms with Gasteiger partial charge < -0.3 is 15.0 Å². The maximum atomic E-state index is 13.1. The van der Waals surface area contributed by atoms with Crippen LogP contribution in [0.4, 0.5) is 15.2 Å². The van der Waals surface area contributed by atoms with Gasteiger partial charge in [-0.25, -0.2) is 17.8 Å². The number of carbonyl (C=O) groups is 1. The Morgan fingerprint density at radius 3 is 2.50 bits per heavy atom. The van der Waals surface area contributed by atoms with Gasteiger partial charge >= 0.3 is 0 Å². The third kappa shape index (κ3) is 6.81. The average molecular weight is 606 g/mol. The molecule has 0 aliphatic carbocycles. The topological polar surface area (TPSA) is 104 Å². The van der Waals surface area contributed by atoms with E-state index in [4.69, 9.17) is 9.72 Å². The minimum absolute atomic E-state index is 0. The molecule has 13 heteroatoms. The number of nitrogens with one attached hydrogen (secondary N) is 2. The number of halogens is 2. The Hall–Kier alpha value is -3.45. The lowest BCUT2D eigenvalue weighted by atomic mass is 10.2. The normalized spacial score (nSPS) is 14.0. The first-order valence-corrected chi connectivity index (χ1v) is 14.7. The van der Waals surface area contributed by atoms with Crippen molar-refractivity contribution in [2.75, 3.05) is 56.0 Å². The number of thiazole rings is 1. The Balaban J connectivity index is 0.00000370. The monoisotopic (exact) mass is 605 g/mol. The van der Waals surface area contributed by atoms with Gasteiger partial charge in [0.15, 0.2) is 5.13 Å². The van der Waals surface area contributed by atoms with E-state index < -0.39 is 15.8 Å². The Labute approximate surface area is 242 Å². The molecule has 0 atom stereocenters. The van der Waals surface area contributed by atoms with Gasteiger partial charge in [-0.3, -0.25) is 14.4 Å². The number of amides is 1. The predicted molar refractivity (Wildman–Crippen MR) is 158 cm³/mol. The summed E-state index contributed by atoms with van der Waals surface area (Å²) >= 11 is 1.66. The second-order valence-corrected chi connectivity index (χ2v) is 11.7. The van der Waals surface area contributed by atoms with Gasteiger partial charge in [-0.2, -0.15) is 0 Å². The van der Waals surface area contributed by atoms with E-state index in [1.54, 1.807) is 36.6 Å². The van der Waals surface area contributed by atoms with E-state index in [9.17, 15) is 17.6 Å². The van der Waals surface area contributed by atoms with Gasteiger partial charge in [0.05, 0.1) is 16.7 Å². The van der Waals surface area contributed by atoms with E-state index in [0.717, 1.165) is 59.4 Å². The highest BCUT2D eigenvalue weighted by Crippen LogP contribution is 2.34. The molecule has 212 valence electrons. The minimum atomic E-state index is -3.91. The molecule has 0 radical (unpaired) electrons. The number of sulfonamides is 1. The zero-order chi connectivity index (χ0) is 27.4. The molecule has 2 N–H and O–H groups in total. The molecule has 1 aromatic heterocycles. The van der Waals surface area contributed by atoms with E-state index in [0.29, 0.717) is 18.7 Å². The maximum Gasteiger partial charge on any atom is 0.261 e. The molecule has 4 aromatic rings. The molecule has 2 heterocycles. The lowest BCUT2D eigenvalue weighted by molar-refractivity contribution is 0.0947. The third-order valence-electron chi connectivity index (χ3n) is 6.45. The largest absolute Gasteiger partial charge is 0.494 e. The maximum absolute atomic E-state index is 13.1. The summed E-state index contributed by atoms with van der Waals surface area (Å²) in [5.74, 6) is -0.0381. The number of carbonyl (C=O) groups excluding carboxylic acids is 1. The molecule has 1 amide bonds. The quantitative estimate of drug-likeness (QED) is 0.294. The first-order chi connectivity index (χ1) is 18.8. The van der Waals surface area contributed by atoms with E-state index >= 15 is 0 Å². The van der Waals surface area contributed by atoms with Crippen LogP contribution in [0.3, 0.4) is 0 Å². The second kappa shape index (κ2) is 12.8. The molecule has 3 aromatic carbocycles. The standard InChI is InChI=1S/C27H28FN5O4S2.ClH/c1-37-23-6-3-7-24-25(23)30-27(38-24)33-16-14-32(15-17-33)13-12-29-26(34)19-4-2-5-21(18-19)31-39(35,36)22-10-8-20(28)9-11-22;/h2-11,18,31H,12-17H2,1H3,(H,29,34);1H. The van der Waals surface area contributed by atoms with Gasteiger partial charge in [0.2, 0.25) is 0 Å². The Morgan fingerprint density at radius 1 is 1.05 bits per heavy atom. The Morgan fingerprint density at radius 2 is 1.77 bits per heavy atom. The van der Waals surface area contributed by atoms with E-state index in [1.165, 1.54) is 18.2 Å². The second-order valence-electron chi connectivity index (χ2n) is 9.03. The van der Waals surface area contributed by atoms with Crippen molar-refractivity contribution in [1.29, 1.82) is 0 Å². The van der Waals surface area contributed by atoms with Crippen molar-refractivity contribution >= 4 is 60.7 Å². The Bertz CT molecular complexity index is 1580. The van der Waals surface area contributed by atoms with Crippen molar-refractivity contribution in [2.24, 2.45) is 0 Å². The fourth-order valence-corrected chi connectivity index (χ4v) is 6.44. The molecule has 0 bridgehead atoms. The first-order valence-electron chi connectivity index (χ1n) is 12.4. The molecule has 1 aliphatic rings. The summed E-state index contributed by atoms with van der Waals surface area (Å²) in [5, 5.41) is 3.89. The van der Waals surface area contributed by atoms with Crippen molar-refractivity contribution in [1.82, 2.24) is 15.2 Å². The number of piperazine rings is 1. The molecule has 1 saturated heterocycles. The van der Waals surface area contributed by atoms with Gasteiger partial charge in [-0.15, -0.1) is 12.4 Å². The highest BCUT2D eigenvalue weighted by Gasteiger charge is 2.21. The van der Waals surface area contributed by atoms with Crippen LogP contribution in [0.25, 0.3) is 10.2 Å². The summed E-state index contributed by atoms with van der Waals surface area (Å²) in [7, 11) is -2.26. The fraction of sp³-hybridized carbons (Fsp3) is 0.259. The van der Waals surface area contributed by atoms with Crippen molar-refractivity contribution in [2.45, 2.75) is 4.90 Å². The number of anilines is 2. The lowest BCUT2D eigenvalue weighted by Gasteiger charge is -2.34. The van der Waals surface area contributed by atoms with Crippen LogP contribution < -0.4 is 19.7 Å². The SMILES string of the molecule is COc1cccc2sc(N3CCN(CCNC(=O)c4cccc(NS(=O)(=O)c5ccc(F)cc5)c4)CC3)nc12.Cl. The summed E-state index contributed by atoms with van der Waals surface area (Å²) in [6.07, 6.45) is 0. The molecule has 1 aliphatic heterocycles. The summed E-state index contributed by atoms with van der Waals surface area (Å²) in [6, 6.07) is 16.7. The molecular weight excluding hydrogens is 577 g/mol. The number of ether oxygens (including phenoxy) is 1. The highest BCUT2D eigenvalue weighted by molar-refractivity contribution is 7.92. The van der Waals surface area contributed by atoms with Crippen LogP contribution in [0.2, 0.25) is 0 Å². The number of hydrogen-bond donors (Lipinski definition) is 2. The first kappa shape index (κ1) is 29.5. The summed E-state index contributed by atoms with van der Waals surface area (Å²) in [5.41, 5.74) is 1.47. The van der Waals surface area contributed by atoms with Crippen molar-refractivity contribution in [3.63, 3.8) is 0 Å². The summed E-state index contributed by atoms with van der Waals surface area (Å²) < 4.78 is 47.3. The van der Waals surface area contributed by atoms with Gasteiger partial charge in [-0.05, 0) is 54.6 Å². The lowest BCUT2D eigenvalue weighted by Crippen LogP contribution is -2.48. The van der Waals surface area contributed by atoms with Crippen molar-refractivity contribution in [3.05, 3.63) is 78.1 Å². The minimum Gasteiger partial charge on any atom is -0.494 e. The van der Waals surface area contributed by atoms with Crippen LogP contribution in [0.1, 0.15) is 10.4 Å². The molecular formula is C27H29ClFN5O4S2. The molecule has 1 fully saturated rings. The van der Waals surface area contributed by atoms with Crippen LogP contribution in [-0.4, -0.2) is 70.6 Å². The number of rotatable bonds is 9. The Kier molecular flexibility index (Phi) is 9.46. The third-order valence-corrected chi connectivity index (χ3v) is 8.93. The average Bonchev–Trinajstić information content (AvgIpc) is 3.38. The van der Waals surface area contributed by atoms with Crippen LogP contribution in [0, 0.1) is 5.82 Å². The number of hydrogen-bond acceptors (Lipinski definition) is 8. The number of nitrogens with zero attached hydrogens (tertiary/aromatic N) is 3. The zero-order valence-electron chi connectivity index (χ0n) is 21.7. The number of para-hydroxylation sites is 1. The van der Waals surface area contributed by atoms with Gasteiger partial charge in [0, 0.05) is 50.5 Å². The van der Waals surface area contributed by atoms with E-state index in [1.807, 2.05) is 18.2 Å². The van der Waals surface area contributed by atoms with E-state index in [-0.39, 0.29) is 28.9 Å². The molecule has 5 rings (SSSR count). The zero-order valence-corrected chi connectivity index (χ0v) is 24.1. The number of methoxy groups -OCH3 is 1. The molecule has 0 spiro atoms. The summed E-state index contributed by atoms with van der Waals surface area (Å²) in [6.45, 7) is 4.54. The molecule has 0 unspecified atom stereocenters. The number of fused-ring (bicyclic) bond motifs is 1. The van der Waals surface area contributed by atoms with Crippen LogP contribution in [-0.2, 0) is 10.0 Å². The van der Waals surface area contributed by atoms with Crippen molar-refractivity contribution < 1.29 is 22.3 Å². The summed E-state index contributed by atoms with van der Waals surface area (Å²) in [4.78, 5) is 22.0. The van der Waals surface area contributed by atoms with Crippen molar-refractivity contribution in [3.8, 4) is 5.75 Å². The van der Waals surface area contributed by atoms with Gasteiger partial charge in [0.1, 0.15) is 17.1 Å². The van der Waals surface area contributed by atoms with Gasteiger partial charge in [0.25, 0.3) is 15.9 Å². The molecule has 9 nitrogen and oxygen atoms in total. The molecule has 40 heavy (non-hydrogen) atoms. The fourth-order valence-electron chi connectivity index (χ4n) is 4.36. The molecule has 0 saturated carbocycles. The van der Waals surface area contributed by atoms with Crippen LogP contribution in [0.15, 0.2) is 71.6 Å². The highest BCUT2D eigenvalue weighted by atomic mass is 35.5. The van der Waals surface area contributed by atoms with Crippen LogP contribution in [0.5, 0.6) is 5.75 Å². The van der Waals surface area contributed by atoms with Crippen LogP contribution >= 0.6 is 23.7 Å².